The van der Waals surface area contributed by atoms with Gasteiger partial charge < -0.3 is 8.95 Å². The second-order valence-electron chi connectivity index (χ2n) is 5.07. The van der Waals surface area contributed by atoms with Gasteiger partial charge in [-0.05, 0) is 31.8 Å². The molecule has 6 nitrogen and oxygen atoms in total. The third-order valence-electron chi connectivity index (χ3n) is 2.35. The Hall–Kier alpha value is -1.73. The van der Waals surface area contributed by atoms with Crippen LogP contribution in [0.25, 0.3) is 11.5 Å². The van der Waals surface area contributed by atoms with E-state index in [9.17, 15) is 4.79 Å². The maximum absolute atomic E-state index is 11.3. The summed E-state index contributed by atoms with van der Waals surface area (Å²) in [6, 6.07) is 5.43. The largest absolute Gasteiger partial charge is 0.460 e. The Morgan fingerprint density at radius 2 is 2.16 bits per heavy atom. The maximum atomic E-state index is 11.3. The standard InChI is InChI=1S/C12H17N3O3Si/c1-19(2,3)17-9-8-15-11(14-12(16)18-15)10-6-4-5-7-13-10/h4-7H,8-9H2,1-3H3. The number of hydrogen-bond donors (Lipinski definition) is 0. The monoisotopic (exact) mass is 279 g/mol. The molecule has 0 bridgehead atoms. The fraction of sp³-hybridized carbons (Fsp3) is 0.417. The van der Waals surface area contributed by atoms with Crippen molar-refractivity contribution in [2.75, 3.05) is 6.61 Å². The van der Waals surface area contributed by atoms with Crippen molar-refractivity contribution in [1.29, 1.82) is 0 Å². The van der Waals surface area contributed by atoms with Crippen LogP contribution in [0.5, 0.6) is 0 Å². The molecule has 0 N–H and O–H groups in total. The zero-order chi connectivity index (χ0) is 13.9. The summed E-state index contributed by atoms with van der Waals surface area (Å²) in [5, 5.41) is 0. The van der Waals surface area contributed by atoms with Crippen LogP contribution in [0.4, 0.5) is 0 Å². The highest BCUT2D eigenvalue weighted by atomic mass is 28.4. The van der Waals surface area contributed by atoms with Crippen molar-refractivity contribution < 1.29 is 8.95 Å². The molecular formula is C12H17N3O3Si. The van der Waals surface area contributed by atoms with E-state index in [4.69, 9.17) is 8.95 Å². The van der Waals surface area contributed by atoms with Gasteiger partial charge >= 0.3 is 5.76 Å². The summed E-state index contributed by atoms with van der Waals surface area (Å²) >= 11 is 0. The second kappa shape index (κ2) is 5.50. The molecule has 7 heteroatoms. The topological polar surface area (TPSA) is 70.2 Å². The fourth-order valence-corrected chi connectivity index (χ4v) is 2.27. The number of pyridine rings is 1. The van der Waals surface area contributed by atoms with Crippen LogP contribution in [0, 0.1) is 0 Å². The fourth-order valence-electron chi connectivity index (χ4n) is 1.57. The molecule has 0 unspecified atom stereocenters. The van der Waals surface area contributed by atoms with Crippen LogP contribution in [-0.4, -0.2) is 29.6 Å². The summed E-state index contributed by atoms with van der Waals surface area (Å²) in [5.74, 6) is -0.182. The lowest BCUT2D eigenvalue weighted by Crippen LogP contribution is -2.27. The van der Waals surface area contributed by atoms with Crippen LogP contribution in [-0.2, 0) is 11.0 Å². The number of nitrogens with zero attached hydrogens (tertiary/aromatic N) is 3. The quantitative estimate of drug-likeness (QED) is 0.780. The van der Waals surface area contributed by atoms with E-state index in [-0.39, 0.29) is 0 Å². The van der Waals surface area contributed by atoms with Crippen molar-refractivity contribution in [3.05, 3.63) is 34.9 Å². The van der Waals surface area contributed by atoms with Crippen molar-refractivity contribution in [2.45, 2.75) is 26.2 Å². The van der Waals surface area contributed by atoms with Gasteiger partial charge in [-0.3, -0.25) is 4.98 Å². The Labute approximate surface area is 112 Å². The normalized spacial score (nSPS) is 11.7. The minimum atomic E-state index is -1.57. The Bertz CT molecular complexity index is 586. The summed E-state index contributed by atoms with van der Waals surface area (Å²) in [6.45, 7) is 7.27. The predicted molar refractivity (Wildman–Crippen MR) is 73.3 cm³/mol. The summed E-state index contributed by atoms with van der Waals surface area (Å²) in [5.41, 5.74) is 0.612. The van der Waals surface area contributed by atoms with Crippen LogP contribution in [0.15, 0.2) is 33.7 Å². The first-order chi connectivity index (χ1) is 8.96. The van der Waals surface area contributed by atoms with Gasteiger partial charge in [0.25, 0.3) is 0 Å². The van der Waals surface area contributed by atoms with E-state index in [2.05, 4.69) is 29.6 Å². The van der Waals surface area contributed by atoms with Gasteiger partial charge in [-0.2, -0.15) is 9.72 Å². The molecule has 0 saturated carbocycles. The number of aromatic nitrogens is 3. The van der Waals surface area contributed by atoms with Gasteiger partial charge in [0.15, 0.2) is 14.1 Å². The summed E-state index contributed by atoms with van der Waals surface area (Å²) in [4.78, 5) is 19.3. The molecule has 0 aliphatic carbocycles. The highest BCUT2D eigenvalue weighted by Crippen LogP contribution is 2.12. The van der Waals surface area contributed by atoms with Crippen LogP contribution in [0.3, 0.4) is 0 Å². The van der Waals surface area contributed by atoms with Gasteiger partial charge in [0.1, 0.15) is 5.69 Å². The molecule has 0 atom stereocenters. The van der Waals surface area contributed by atoms with E-state index < -0.39 is 14.1 Å². The Balaban J connectivity index is 2.16. The van der Waals surface area contributed by atoms with Crippen molar-refractivity contribution in [3.8, 4) is 11.5 Å². The Kier molecular flexibility index (Phi) is 3.96. The van der Waals surface area contributed by atoms with Gasteiger partial charge in [0, 0.05) is 6.20 Å². The third kappa shape index (κ3) is 3.87. The molecule has 0 fully saturated rings. The van der Waals surface area contributed by atoms with Crippen LogP contribution >= 0.6 is 0 Å². The molecule has 0 amide bonds. The summed E-state index contributed by atoms with van der Waals surface area (Å²) in [7, 11) is -1.57. The molecule has 2 heterocycles. The van der Waals surface area contributed by atoms with Gasteiger partial charge in [-0.1, -0.05) is 6.07 Å². The van der Waals surface area contributed by atoms with Crippen LogP contribution in [0.2, 0.25) is 19.6 Å². The van der Waals surface area contributed by atoms with Gasteiger partial charge in [-0.15, -0.1) is 0 Å². The number of hydrogen-bond acceptors (Lipinski definition) is 5. The molecule has 0 saturated heterocycles. The highest BCUT2D eigenvalue weighted by molar-refractivity contribution is 6.69. The maximum Gasteiger partial charge on any atom is 0.460 e. The average Bonchev–Trinajstić information content (AvgIpc) is 2.70. The molecular weight excluding hydrogens is 262 g/mol. The lowest BCUT2D eigenvalue weighted by molar-refractivity contribution is 0.200. The minimum absolute atomic E-state index is 0.435. The average molecular weight is 279 g/mol. The first-order valence-electron chi connectivity index (χ1n) is 6.09. The van der Waals surface area contributed by atoms with Crippen molar-refractivity contribution in [2.24, 2.45) is 0 Å². The van der Waals surface area contributed by atoms with Gasteiger partial charge in [-0.25, -0.2) is 4.79 Å². The van der Waals surface area contributed by atoms with Crippen molar-refractivity contribution in [1.82, 2.24) is 14.7 Å². The zero-order valence-corrected chi connectivity index (χ0v) is 12.3. The molecule has 0 radical (unpaired) electrons. The molecule has 0 spiro atoms. The molecule has 0 aliphatic heterocycles. The highest BCUT2D eigenvalue weighted by Gasteiger charge is 2.16. The SMILES string of the molecule is C[Si](C)(C)OCCn1oc(=O)nc1-c1ccccn1. The van der Waals surface area contributed by atoms with Crippen LogP contribution in [0.1, 0.15) is 0 Å². The van der Waals surface area contributed by atoms with E-state index in [0.717, 1.165) is 0 Å². The van der Waals surface area contributed by atoms with E-state index in [1.807, 2.05) is 6.07 Å². The molecule has 2 rings (SSSR count). The second-order valence-corrected chi connectivity index (χ2v) is 9.58. The minimum Gasteiger partial charge on any atom is -0.416 e. The predicted octanol–water partition coefficient (Wildman–Crippen LogP) is 1.75. The van der Waals surface area contributed by atoms with Crippen LogP contribution < -0.4 is 5.76 Å². The summed E-state index contributed by atoms with van der Waals surface area (Å²) in [6.07, 6.45) is 1.65. The van der Waals surface area contributed by atoms with E-state index >= 15 is 0 Å². The van der Waals surface area contributed by atoms with Crippen molar-refractivity contribution in [3.63, 3.8) is 0 Å². The lowest BCUT2D eigenvalue weighted by atomic mass is 10.3. The van der Waals surface area contributed by atoms with E-state index in [0.29, 0.717) is 24.7 Å². The van der Waals surface area contributed by atoms with E-state index in [1.165, 1.54) is 4.74 Å². The molecule has 2 aromatic rings. The van der Waals surface area contributed by atoms with E-state index in [1.54, 1.807) is 18.3 Å². The molecule has 19 heavy (non-hydrogen) atoms. The first kappa shape index (κ1) is 13.7. The molecule has 0 aliphatic rings. The number of rotatable bonds is 5. The molecule has 0 aromatic carbocycles. The molecule has 2 aromatic heterocycles. The first-order valence-corrected chi connectivity index (χ1v) is 9.50. The lowest BCUT2D eigenvalue weighted by Gasteiger charge is -2.16. The Morgan fingerprint density at radius 3 is 2.79 bits per heavy atom. The summed E-state index contributed by atoms with van der Waals surface area (Å²) < 4.78 is 12.2. The smallest absolute Gasteiger partial charge is 0.416 e. The van der Waals surface area contributed by atoms with Gasteiger partial charge in [0.05, 0.1) is 13.2 Å². The third-order valence-corrected chi connectivity index (χ3v) is 3.42. The zero-order valence-electron chi connectivity index (χ0n) is 11.3. The molecule has 102 valence electrons. The Morgan fingerprint density at radius 1 is 1.37 bits per heavy atom. The van der Waals surface area contributed by atoms with Gasteiger partial charge in [0.2, 0.25) is 0 Å². The van der Waals surface area contributed by atoms with Crippen molar-refractivity contribution >= 4 is 8.32 Å².